The molecule has 5 nitrogen and oxygen atoms in total. The molecule has 0 atom stereocenters. The van der Waals surface area contributed by atoms with Gasteiger partial charge < -0.3 is 5.32 Å². The lowest BCUT2D eigenvalue weighted by molar-refractivity contribution is -0.113. The van der Waals surface area contributed by atoms with Gasteiger partial charge in [0.25, 0.3) is 5.56 Å². The summed E-state index contributed by atoms with van der Waals surface area (Å²) >= 11 is 8.85. The van der Waals surface area contributed by atoms with Crippen molar-refractivity contribution in [2.45, 2.75) is 19.0 Å². The molecule has 130 valence electrons. The smallest absolute Gasteiger partial charge is 0.262 e. The molecule has 0 aliphatic rings. The number of amides is 1. The summed E-state index contributed by atoms with van der Waals surface area (Å²) in [6.45, 7) is 3.85. The van der Waals surface area contributed by atoms with E-state index in [4.69, 9.17) is 11.6 Å². The quantitative estimate of drug-likeness (QED) is 0.537. The first kappa shape index (κ1) is 18.0. The fraction of sp³-hybridized carbons (Fsp3) is 0.235. The summed E-state index contributed by atoms with van der Waals surface area (Å²) < 4.78 is 1.47. The topological polar surface area (TPSA) is 64.0 Å². The molecule has 0 saturated carbocycles. The normalized spacial score (nSPS) is 11.0. The molecule has 0 fully saturated rings. The minimum Gasteiger partial charge on any atom is -0.324 e. The van der Waals surface area contributed by atoms with Gasteiger partial charge in [-0.3, -0.25) is 14.2 Å². The Hall–Kier alpha value is -1.83. The van der Waals surface area contributed by atoms with E-state index in [0.29, 0.717) is 26.1 Å². The molecule has 1 aromatic carbocycles. The number of hydrogen-bond donors (Lipinski definition) is 1. The van der Waals surface area contributed by atoms with Crippen molar-refractivity contribution in [2.24, 2.45) is 7.05 Å². The summed E-state index contributed by atoms with van der Waals surface area (Å²) in [5.74, 6) is -0.0553. The zero-order chi connectivity index (χ0) is 18.1. The van der Waals surface area contributed by atoms with E-state index in [9.17, 15) is 9.59 Å². The summed E-state index contributed by atoms with van der Waals surface area (Å²) in [5.41, 5.74) is 2.47. The molecule has 3 aromatic rings. The summed E-state index contributed by atoms with van der Waals surface area (Å²) in [4.78, 5) is 29.7. The maximum absolute atomic E-state index is 12.3. The molecule has 25 heavy (non-hydrogen) atoms. The van der Waals surface area contributed by atoms with Crippen LogP contribution in [0.3, 0.4) is 0 Å². The number of aryl methyl sites for hydroxylation is 2. The van der Waals surface area contributed by atoms with Crippen LogP contribution < -0.4 is 10.9 Å². The maximum atomic E-state index is 12.3. The molecule has 1 amide bonds. The third-order valence-corrected chi connectivity index (χ3v) is 5.83. The highest BCUT2D eigenvalue weighted by Crippen LogP contribution is 2.28. The highest BCUT2D eigenvalue weighted by Gasteiger charge is 2.13. The Kier molecular flexibility index (Phi) is 5.17. The molecule has 2 aromatic heterocycles. The predicted octanol–water partition coefficient (Wildman–Crippen LogP) is 4.00. The number of carbonyl (C=O) groups excluding carboxylic acids is 1. The fourth-order valence-corrected chi connectivity index (χ4v) is 4.43. The van der Waals surface area contributed by atoms with Gasteiger partial charge in [0.05, 0.1) is 21.8 Å². The van der Waals surface area contributed by atoms with E-state index in [-0.39, 0.29) is 17.2 Å². The van der Waals surface area contributed by atoms with Gasteiger partial charge in [-0.2, -0.15) is 0 Å². The minimum atomic E-state index is -0.195. The van der Waals surface area contributed by atoms with Gasteiger partial charge in [0, 0.05) is 7.05 Å². The van der Waals surface area contributed by atoms with Crippen molar-refractivity contribution in [2.75, 3.05) is 11.1 Å². The van der Waals surface area contributed by atoms with E-state index in [1.807, 2.05) is 31.4 Å². The Labute approximate surface area is 158 Å². The van der Waals surface area contributed by atoms with Gasteiger partial charge in [-0.25, -0.2) is 4.98 Å². The molecule has 3 rings (SSSR count). The van der Waals surface area contributed by atoms with E-state index < -0.39 is 0 Å². The summed E-state index contributed by atoms with van der Waals surface area (Å²) in [6.07, 6.45) is 0. The summed E-state index contributed by atoms with van der Waals surface area (Å²) in [7, 11) is 1.66. The standard InChI is InChI=1S/C17H16ClN3O2S2/c1-9-6-10(2)14(12(18)7-9)19-13(22)8-25-17-20-15-11(4-5-24-15)16(23)21(17)3/h4-7H,8H2,1-3H3,(H,19,22). The molecule has 0 radical (unpaired) electrons. The van der Waals surface area contributed by atoms with E-state index in [2.05, 4.69) is 10.3 Å². The lowest BCUT2D eigenvalue weighted by atomic mass is 10.1. The number of benzene rings is 1. The fourth-order valence-electron chi connectivity index (χ4n) is 2.49. The van der Waals surface area contributed by atoms with Crippen molar-refractivity contribution in [1.29, 1.82) is 0 Å². The molecule has 2 heterocycles. The zero-order valence-electron chi connectivity index (χ0n) is 13.9. The van der Waals surface area contributed by atoms with Gasteiger partial charge in [-0.15, -0.1) is 11.3 Å². The Bertz CT molecular complexity index is 1000. The third-order valence-electron chi connectivity index (χ3n) is 3.69. The van der Waals surface area contributed by atoms with Crippen LogP contribution in [0, 0.1) is 13.8 Å². The van der Waals surface area contributed by atoms with Gasteiger partial charge >= 0.3 is 0 Å². The number of aromatic nitrogens is 2. The van der Waals surface area contributed by atoms with Crippen LogP contribution in [0.4, 0.5) is 5.69 Å². The number of thioether (sulfide) groups is 1. The molecule has 1 N–H and O–H groups in total. The second-order valence-corrected chi connectivity index (χ2v) is 7.92. The van der Waals surface area contributed by atoms with Gasteiger partial charge in [-0.05, 0) is 42.5 Å². The van der Waals surface area contributed by atoms with E-state index in [0.717, 1.165) is 11.1 Å². The van der Waals surface area contributed by atoms with E-state index in [1.54, 1.807) is 13.1 Å². The van der Waals surface area contributed by atoms with Crippen LogP contribution in [0.2, 0.25) is 5.02 Å². The molecule has 0 bridgehead atoms. The molecular formula is C17H16ClN3O2S2. The van der Waals surface area contributed by atoms with E-state index >= 15 is 0 Å². The van der Waals surface area contributed by atoms with Gasteiger partial charge in [0.1, 0.15) is 4.83 Å². The average Bonchev–Trinajstić information content (AvgIpc) is 3.01. The van der Waals surface area contributed by atoms with Crippen LogP contribution in [-0.2, 0) is 11.8 Å². The lowest BCUT2D eigenvalue weighted by Gasteiger charge is -2.12. The Morgan fingerprint density at radius 1 is 1.40 bits per heavy atom. The number of thiophene rings is 1. The summed E-state index contributed by atoms with van der Waals surface area (Å²) in [5, 5.41) is 6.30. The first-order chi connectivity index (χ1) is 11.9. The third kappa shape index (κ3) is 3.73. The van der Waals surface area contributed by atoms with Crippen LogP contribution >= 0.6 is 34.7 Å². The number of fused-ring (bicyclic) bond motifs is 1. The van der Waals surface area contributed by atoms with Crippen molar-refractivity contribution in [1.82, 2.24) is 9.55 Å². The number of anilines is 1. The van der Waals surface area contributed by atoms with E-state index in [1.165, 1.54) is 27.7 Å². The Balaban J connectivity index is 1.75. The first-order valence-electron chi connectivity index (χ1n) is 7.50. The number of halogens is 1. The Morgan fingerprint density at radius 2 is 2.16 bits per heavy atom. The van der Waals surface area contributed by atoms with Gasteiger partial charge in [0.15, 0.2) is 5.16 Å². The molecular weight excluding hydrogens is 378 g/mol. The van der Waals surface area contributed by atoms with Crippen molar-refractivity contribution in [3.8, 4) is 0 Å². The SMILES string of the molecule is Cc1cc(C)c(NC(=O)CSc2nc3sccc3c(=O)n2C)c(Cl)c1. The van der Waals surface area contributed by atoms with Crippen LogP contribution in [-0.4, -0.2) is 21.2 Å². The second-order valence-electron chi connectivity index (χ2n) is 5.67. The first-order valence-corrected chi connectivity index (χ1v) is 9.74. The van der Waals surface area contributed by atoms with Crippen LogP contribution in [0.5, 0.6) is 0 Å². The second kappa shape index (κ2) is 7.19. The van der Waals surface area contributed by atoms with Crippen LogP contribution in [0.1, 0.15) is 11.1 Å². The molecule has 0 aliphatic carbocycles. The largest absolute Gasteiger partial charge is 0.324 e. The number of rotatable bonds is 4. The number of hydrogen-bond acceptors (Lipinski definition) is 5. The number of nitrogens with one attached hydrogen (secondary N) is 1. The molecule has 8 heteroatoms. The monoisotopic (exact) mass is 393 g/mol. The van der Waals surface area contributed by atoms with Crippen molar-refractivity contribution in [3.05, 3.63) is 50.1 Å². The van der Waals surface area contributed by atoms with Gasteiger partial charge in [0.2, 0.25) is 5.91 Å². The molecule has 0 saturated heterocycles. The summed E-state index contributed by atoms with van der Waals surface area (Å²) in [6, 6.07) is 5.54. The number of carbonyl (C=O) groups is 1. The van der Waals surface area contributed by atoms with Crippen molar-refractivity contribution in [3.63, 3.8) is 0 Å². The highest BCUT2D eigenvalue weighted by atomic mass is 35.5. The molecule has 0 aliphatic heterocycles. The molecule has 0 unspecified atom stereocenters. The zero-order valence-corrected chi connectivity index (χ0v) is 16.3. The highest BCUT2D eigenvalue weighted by molar-refractivity contribution is 7.99. The Morgan fingerprint density at radius 3 is 2.88 bits per heavy atom. The average molecular weight is 394 g/mol. The van der Waals surface area contributed by atoms with Crippen LogP contribution in [0.25, 0.3) is 10.2 Å². The van der Waals surface area contributed by atoms with Crippen molar-refractivity contribution >= 4 is 56.5 Å². The molecule has 0 spiro atoms. The van der Waals surface area contributed by atoms with Gasteiger partial charge in [-0.1, -0.05) is 29.4 Å². The van der Waals surface area contributed by atoms with Crippen molar-refractivity contribution < 1.29 is 4.79 Å². The lowest BCUT2D eigenvalue weighted by Crippen LogP contribution is -2.21. The minimum absolute atomic E-state index is 0.105. The predicted molar refractivity (Wildman–Crippen MR) is 105 cm³/mol. The maximum Gasteiger partial charge on any atom is 0.262 e. The number of nitrogens with zero attached hydrogens (tertiary/aromatic N) is 2. The van der Waals surface area contributed by atoms with Crippen LogP contribution in [0.15, 0.2) is 33.5 Å².